The van der Waals surface area contributed by atoms with Gasteiger partial charge in [-0.05, 0) is 31.5 Å². The highest BCUT2D eigenvalue weighted by Crippen LogP contribution is 2.30. The number of carbonyl (C=O) groups excluding carboxylic acids is 3. The lowest BCUT2D eigenvalue weighted by Gasteiger charge is -2.23. The molecular weight excluding hydrogens is 334 g/mol. The summed E-state index contributed by atoms with van der Waals surface area (Å²) in [5.41, 5.74) is 0.801. The predicted octanol–water partition coefficient (Wildman–Crippen LogP) is 2.79. The molecule has 0 aliphatic carbocycles. The van der Waals surface area contributed by atoms with Gasteiger partial charge in [0, 0.05) is 18.0 Å². The van der Waals surface area contributed by atoms with E-state index in [-0.39, 0.29) is 18.8 Å². The Bertz CT molecular complexity index is 745. The molecule has 1 heterocycles. The summed E-state index contributed by atoms with van der Waals surface area (Å²) in [6.07, 6.45) is 2.91. The van der Waals surface area contributed by atoms with Gasteiger partial charge in [-0.15, -0.1) is 0 Å². The van der Waals surface area contributed by atoms with Crippen molar-refractivity contribution in [3.8, 4) is 0 Å². The standard InChI is InChI=1S/C20H21NO5/c1-3-25-19(23)16(14-8-6-5-7-9-14)17(20(24)26-4-2)18(22)15-10-12-21-13-11-15/h5-13,16-17H,3-4H2,1-2H3/t16-,17-/m0/s1. The topological polar surface area (TPSA) is 82.6 Å². The molecule has 0 saturated heterocycles. The van der Waals surface area contributed by atoms with Crippen LogP contribution < -0.4 is 0 Å². The Labute approximate surface area is 152 Å². The molecule has 26 heavy (non-hydrogen) atoms. The number of benzene rings is 1. The zero-order valence-electron chi connectivity index (χ0n) is 14.8. The number of hydrogen-bond acceptors (Lipinski definition) is 6. The van der Waals surface area contributed by atoms with Gasteiger partial charge in [0.25, 0.3) is 0 Å². The van der Waals surface area contributed by atoms with E-state index in [1.807, 2.05) is 0 Å². The molecule has 2 rings (SSSR count). The Hall–Kier alpha value is -3.02. The molecule has 0 saturated carbocycles. The minimum atomic E-state index is -1.33. The molecule has 2 atom stereocenters. The first-order valence-corrected chi connectivity index (χ1v) is 8.42. The van der Waals surface area contributed by atoms with Crippen LogP contribution in [-0.2, 0) is 19.1 Å². The zero-order chi connectivity index (χ0) is 18.9. The summed E-state index contributed by atoms with van der Waals surface area (Å²) in [6.45, 7) is 3.56. The molecule has 1 aromatic heterocycles. The second-order valence-corrected chi connectivity index (χ2v) is 5.47. The number of ether oxygens (including phenoxy) is 2. The lowest BCUT2D eigenvalue weighted by Crippen LogP contribution is -2.36. The highest BCUT2D eigenvalue weighted by atomic mass is 16.5. The van der Waals surface area contributed by atoms with Crippen molar-refractivity contribution >= 4 is 17.7 Å². The smallest absolute Gasteiger partial charge is 0.318 e. The molecule has 0 N–H and O–H groups in total. The molecule has 0 bridgehead atoms. The second-order valence-electron chi connectivity index (χ2n) is 5.47. The van der Waals surface area contributed by atoms with E-state index in [4.69, 9.17) is 9.47 Å². The SMILES string of the molecule is CCOC(=O)[C@H](C(=O)c1ccncc1)[C@@H](C(=O)OCC)c1ccccc1. The van der Waals surface area contributed by atoms with Gasteiger partial charge in [-0.25, -0.2) is 0 Å². The van der Waals surface area contributed by atoms with Gasteiger partial charge in [0.2, 0.25) is 0 Å². The molecule has 6 nitrogen and oxygen atoms in total. The maximum Gasteiger partial charge on any atom is 0.318 e. The maximum absolute atomic E-state index is 13.0. The number of esters is 2. The molecule has 0 unspecified atom stereocenters. The highest BCUT2D eigenvalue weighted by Gasteiger charge is 2.42. The van der Waals surface area contributed by atoms with E-state index in [9.17, 15) is 14.4 Å². The van der Waals surface area contributed by atoms with Crippen LogP contribution in [0.2, 0.25) is 0 Å². The van der Waals surface area contributed by atoms with Crippen molar-refractivity contribution in [1.82, 2.24) is 4.98 Å². The van der Waals surface area contributed by atoms with E-state index in [0.717, 1.165) is 0 Å². The third-order valence-corrected chi connectivity index (χ3v) is 3.82. The van der Waals surface area contributed by atoms with Gasteiger partial charge in [0.1, 0.15) is 11.8 Å². The molecule has 0 fully saturated rings. The number of ketones is 1. The third kappa shape index (κ3) is 4.53. The Kier molecular flexibility index (Phi) is 7.02. The number of nitrogens with zero attached hydrogens (tertiary/aromatic N) is 1. The van der Waals surface area contributed by atoms with E-state index in [2.05, 4.69) is 4.98 Å². The lowest BCUT2D eigenvalue weighted by atomic mass is 9.81. The summed E-state index contributed by atoms with van der Waals surface area (Å²) in [7, 11) is 0. The van der Waals surface area contributed by atoms with Crippen LogP contribution in [0.3, 0.4) is 0 Å². The van der Waals surface area contributed by atoms with Crippen LogP contribution in [0, 0.1) is 5.92 Å². The molecule has 6 heteroatoms. The minimum absolute atomic E-state index is 0.100. The minimum Gasteiger partial charge on any atom is -0.465 e. The van der Waals surface area contributed by atoms with E-state index in [1.165, 1.54) is 24.5 Å². The highest BCUT2D eigenvalue weighted by molar-refractivity contribution is 6.11. The zero-order valence-corrected chi connectivity index (χ0v) is 14.8. The monoisotopic (exact) mass is 355 g/mol. The molecule has 1 aromatic carbocycles. The summed E-state index contributed by atoms with van der Waals surface area (Å²) < 4.78 is 10.2. The second kappa shape index (κ2) is 9.46. The van der Waals surface area contributed by atoms with E-state index >= 15 is 0 Å². The van der Waals surface area contributed by atoms with Crippen molar-refractivity contribution in [2.75, 3.05) is 13.2 Å². The van der Waals surface area contributed by atoms with Gasteiger partial charge in [-0.1, -0.05) is 30.3 Å². The summed E-state index contributed by atoms with van der Waals surface area (Å²) in [6, 6.07) is 11.6. The normalized spacial score (nSPS) is 12.7. The van der Waals surface area contributed by atoms with Gasteiger partial charge < -0.3 is 9.47 Å². The van der Waals surface area contributed by atoms with Crippen molar-refractivity contribution in [2.45, 2.75) is 19.8 Å². The van der Waals surface area contributed by atoms with Gasteiger partial charge >= 0.3 is 11.9 Å². The molecule has 0 spiro atoms. The average Bonchev–Trinajstić information content (AvgIpc) is 2.67. The largest absolute Gasteiger partial charge is 0.465 e. The molecule has 0 amide bonds. The molecule has 0 radical (unpaired) electrons. The number of pyridine rings is 1. The maximum atomic E-state index is 13.0. The van der Waals surface area contributed by atoms with Crippen molar-refractivity contribution in [3.05, 3.63) is 66.0 Å². The number of Topliss-reactive ketones (excluding diaryl/α,β-unsaturated/α-hetero) is 1. The van der Waals surface area contributed by atoms with Crippen LogP contribution in [0.15, 0.2) is 54.9 Å². The van der Waals surface area contributed by atoms with Crippen LogP contribution in [0.5, 0.6) is 0 Å². The van der Waals surface area contributed by atoms with E-state index in [1.54, 1.807) is 44.2 Å². The van der Waals surface area contributed by atoms with Crippen molar-refractivity contribution < 1.29 is 23.9 Å². The fraction of sp³-hybridized carbons (Fsp3) is 0.300. The van der Waals surface area contributed by atoms with E-state index < -0.39 is 29.6 Å². The van der Waals surface area contributed by atoms with Gasteiger partial charge in [-0.2, -0.15) is 0 Å². The number of carbonyl (C=O) groups is 3. The van der Waals surface area contributed by atoms with Gasteiger partial charge in [-0.3, -0.25) is 19.4 Å². The summed E-state index contributed by atoms with van der Waals surface area (Å²) in [4.78, 5) is 42.2. The first-order valence-electron chi connectivity index (χ1n) is 8.42. The first kappa shape index (κ1) is 19.3. The molecule has 136 valence electrons. The van der Waals surface area contributed by atoms with Gasteiger partial charge in [0.15, 0.2) is 5.78 Å². The van der Waals surface area contributed by atoms with Crippen molar-refractivity contribution in [1.29, 1.82) is 0 Å². The average molecular weight is 355 g/mol. The Morgan fingerprint density at radius 3 is 2.04 bits per heavy atom. The Morgan fingerprint density at radius 2 is 1.46 bits per heavy atom. The predicted molar refractivity (Wildman–Crippen MR) is 94.5 cm³/mol. The number of rotatable bonds is 8. The van der Waals surface area contributed by atoms with Crippen LogP contribution >= 0.6 is 0 Å². The molecule has 0 aliphatic heterocycles. The van der Waals surface area contributed by atoms with E-state index in [0.29, 0.717) is 5.56 Å². The van der Waals surface area contributed by atoms with Crippen LogP contribution in [0.25, 0.3) is 0 Å². The van der Waals surface area contributed by atoms with Crippen LogP contribution in [0.4, 0.5) is 0 Å². The summed E-state index contributed by atoms with van der Waals surface area (Å²) in [5.74, 6) is -4.32. The molecule has 2 aromatic rings. The fourth-order valence-corrected chi connectivity index (χ4v) is 2.68. The van der Waals surface area contributed by atoms with Gasteiger partial charge in [0.05, 0.1) is 13.2 Å². The molecule has 0 aliphatic rings. The first-order chi connectivity index (χ1) is 12.6. The summed E-state index contributed by atoms with van der Waals surface area (Å²) in [5, 5.41) is 0. The third-order valence-electron chi connectivity index (χ3n) is 3.82. The number of hydrogen-bond donors (Lipinski definition) is 0. The molecular formula is C20H21NO5. The van der Waals surface area contributed by atoms with Crippen LogP contribution in [-0.4, -0.2) is 35.9 Å². The van der Waals surface area contributed by atoms with Crippen LogP contribution in [0.1, 0.15) is 35.7 Å². The Balaban J connectivity index is 2.52. The number of aromatic nitrogens is 1. The fourth-order valence-electron chi connectivity index (χ4n) is 2.68. The lowest BCUT2D eigenvalue weighted by molar-refractivity contribution is -0.155. The Morgan fingerprint density at radius 1 is 0.885 bits per heavy atom. The quantitative estimate of drug-likeness (QED) is 0.411. The van der Waals surface area contributed by atoms with Crippen molar-refractivity contribution in [2.24, 2.45) is 5.92 Å². The summed E-state index contributed by atoms with van der Waals surface area (Å²) >= 11 is 0. The van der Waals surface area contributed by atoms with Crippen molar-refractivity contribution in [3.63, 3.8) is 0 Å².